The largest absolute Gasteiger partial charge is 0.325 e. The number of carbonyl (C=O) groups is 1. The van der Waals surface area contributed by atoms with Crippen LogP contribution >= 0.6 is 0 Å². The second-order valence-corrected chi connectivity index (χ2v) is 8.97. The third-order valence-corrected chi connectivity index (χ3v) is 6.92. The van der Waals surface area contributed by atoms with Crippen LogP contribution in [0.5, 0.6) is 0 Å². The van der Waals surface area contributed by atoms with E-state index in [1.54, 1.807) is 19.1 Å². The number of anilines is 1. The lowest BCUT2D eigenvalue weighted by Crippen LogP contribution is -3.15. The van der Waals surface area contributed by atoms with Crippen molar-refractivity contribution in [1.82, 2.24) is 4.31 Å². The molecule has 160 valence electrons. The van der Waals surface area contributed by atoms with Gasteiger partial charge in [-0.3, -0.25) is 14.9 Å². The first-order valence-electron chi connectivity index (χ1n) is 9.31. The van der Waals surface area contributed by atoms with E-state index in [9.17, 15) is 27.7 Å². The zero-order chi connectivity index (χ0) is 21.9. The molecule has 0 radical (unpaired) electrons. The van der Waals surface area contributed by atoms with Gasteiger partial charge >= 0.3 is 0 Å². The van der Waals surface area contributed by atoms with Crippen molar-refractivity contribution in [2.45, 2.75) is 11.8 Å². The van der Waals surface area contributed by atoms with Gasteiger partial charge in [-0.25, -0.2) is 12.8 Å². The SMILES string of the molecule is Cc1ccc(NC(=O)C[NH+]2CCN(S(=O)(=O)c3ccccc3[N+](=O)[O-])CC2)cc1F. The topological polar surface area (TPSA) is 114 Å². The lowest BCUT2D eigenvalue weighted by molar-refractivity contribution is -0.895. The molecule has 0 unspecified atom stereocenters. The number of sulfonamides is 1. The Kier molecular flexibility index (Phi) is 6.44. The summed E-state index contributed by atoms with van der Waals surface area (Å²) in [7, 11) is -4.01. The van der Waals surface area contributed by atoms with Crippen molar-refractivity contribution in [2.24, 2.45) is 0 Å². The van der Waals surface area contributed by atoms with Crippen LogP contribution in [0.2, 0.25) is 0 Å². The van der Waals surface area contributed by atoms with E-state index < -0.39 is 26.5 Å². The number of halogens is 1. The van der Waals surface area contributed by atoms with Crippen LogP contribution in [0.3, 0.4) is 0 Å². The zero-order valence-electron chi connectivity index (χ0n) is 16.3. The summed E-state index contributed by atoms with van der Waals surface area (Å²) in [5.74, 6) is -0.711. The third-order valence-electron chi connectivity index (χ3n) is 4.98. The Labute approximate surface area is 173 Å². The number of benzene rings is 2. The lowest BCUT2D eigenvalue weighted by Gasteiger charge is -2.31. The molecule has 0 bridgehead atoms. The predicted molar refractivity (Wildman–Crippen MR) is 107 cm³/mol. The summed E-state index contributed by atoms with van der Waals surface area (Å²) in [6.07, 6.45) is 0. The van der Waals surface area contributed by atoms with Crippen LogP contribution in [-0.2, 0) is 14.8 Å². The Balaban J connectivity index is 1.60. The summed E-state index contributed by atoms with van der Waals surface area (Å²) in [5, 5.41) is 13.8. The molecule has 1 aliphatic rings. The summed E-state index contributed by atoms with van der Waals surface area (Å²) in [5.41, 5.74) is 0.381. The molecule has 0 aliphatic carbocycles. The van der Waals surface area contributed by atoms with Crippen molar-refractivity contribution in [3.05, 3.63) is 64.0 Å². The van der Waals surface area contributed by atoms with Crippen LogP contribution in [0, 0.1) is 22.9 Å². The molecule has 2 N–H and O–H groups in total. The fourth-order valence-electron chi connectivity index (χ4n) is 3.29. The van der Waals surface area contributed by atoms with E-state index in [4.69, 9.17) is 0 Å². The van der Waals surface area contributed by atoms with Gasteiger partial charge in [-0.15, -0.1) is 0 Å². The quantitative estimate of drug-likeness (QED) is 0.507. The molecule has 2 aromatic rings. The van der Waals surface area contributed by atoms with Crippen LogP contribution in [0.15, 0.2) is 47.4 Å². The van der Waals surface area contributed by atoms with Gasteiger partial charge in [0.05, 0.1) is 31.1 Å². The fourth-order valence-corrected chi connectivity index (χ4v) is 4.89. The van der Waals surface area contributed by atoms with Gasteiger partial charge in [-0.1, -0.05) is 18.2 Å². The number of nitro groups is 1. The molecule has 1 amide bonds. The van der Waals surface area contributed by atoms with Crippen molar-refractivity contribution in [2.75, 3.05) is 38.0 Å². The average molecular weight is 437 g/mol. The van der Waals surface area contributed by atoms with E-state index in [1.807, 2.05) is 0 Å². The highest BCUT2D eigenvalue weighted by atomic mass is 32.2. The van der Waals surface area contributed by atoms with E-state index in [1.165, 1.54) is 28.6 Å². The van der Waals surface area contributed by atoms with Crippen LogP contribution in [0.25, 0.3) is 0 Å². The first-order valence-corrected chi connectivity index (χ1v) is 10.8. The number of rotatable bonds is 6. The van der Waals surface area contributed by atoms with Crippen LogP contribution in [0.4, 0.5) is 15.8 Å². The maximum Gasteiger partial charge on any atom is 0.289 e. The minimum Gasteiger partial charge on any atom is -0.325 e. The first-order chi connectivity index (χ1) is 14.2. The molecular weight excluding hydrogens is 415 g/mol. The number of nitro benzene ring substituents is 1. The Morgan fingerprint density at radius 1 is 1.23 bits per heavy atom. The number of quaternary nitrogens is 1. The zero-order valence-corrected chi connectivity index (χ0v) is 17.1. The highest BCUT2D eigenvalue weighted by Crippen LogP contribution is 2.26. The molecule has 30 heavy (non-hydrogen) atoms. The van der Waals surface area contributed by atoms with Gasteiger partial charge in [-0.2, -0.15) is 4.31 Å². The fraction of sp³-hybridized carbons (Fsp3) is 0.316. The van der Waals surface area contributed by atoms with Gasteiger partial charge in [0.25, 0.3) is 11.6 Å². The van der Waals surface area contributed by atoms with Crippen molar-refractivity contribution in [3.63, 3.8) is 0 Å². The molecule has 2 aromatic carbocycles. The summed E-state index contributed by atoms with van der Waals surface area (Å²) in [6, 6.07) is 9.68. The Morgan fingerprint density at radius 2 is 1.90 bits per heavy atom. The van der Waals surface area contributed by atoms with E-state index in [0.717, 1.165) is 11.0 Å². The van der Waals surface area contributed by atoms with Crippen LogP contribution < -0.4 is 10.2 Å². The summed E-state index contributed by atoms with van der Waals surface area (Å²) in [6.45, 7) is 2.74. The normalized spacial score (nSPS) is 15.7. The molecule has 0 spiro atoms. The van der Waals surface area contributed by atoms with Gasteiger partial charge in [0.15, 0.2) is 11.4 Å². The van der Waals surface area contributed by atoms with Gasteiger partial charge in [-0.05, 0) is 30.7 Å². The summed E-state index contributed by atoms with van der Waals surface area (Å²) < 4.78 is 40.5. The molecule has 0 saturated carbocycles. The molecule has 1 aliphatic heterocycles. The third kappa shape index (κ3) is 4.81. The van der Waals surface area contributed by atoms with Crippen molar-refractivity contribution < 1.29 is 27.4 Å². The second kappa shape index (κ2) is 8.86. The van der Waals surface area contributed by atoms with Gasteiger partial charge in [0, 0.05) is 11.8 Å². The van der Waals surface area contributed by atoms with Crippen molar-refractivity contribution in [3.8, 4) is 0 Å². The number of aryl methyl sites for hydroxylation is 1. The number of para-hydroxylation sites is 1. The molecule has 1 heterocycles. The first kappa shape index (κ1) is 21.8. The number of amides is 1. The second-order valence-electron chi connectivity index (χ2n) is 7.07. The number of nitrogens with one attached hydrogen (secondary N) is 2. The highest BCUT2D eigenvalue weighted by Gasteiger charge is 2.35. The molecule has 0 aromatic heterocycles. The maximum absolute atomic E-state index is 13.6. The van der Waals surface area contributed by atoms with Gasteiger partial charge in [0.2, 0.25) is 10.0 Å². The molecule has 11 heteroatoms. The number of piperazine rings is 1. The summed E-state index contributed by atoms with van der Waals surface area (Å²) in [4.78, 5) is 23.2. The smallest absolute Gasteiger partial charge is 0.289 e. The van der Waals surface area contributed by atoms with Gasteiger partial charge < -0.3 is 10.2 Å². The summed E-state index contributed by atoms with van der Waals surface area (Å²) >= 11 is 0. The van der Waals surface area contributed by atoms with Gasteiger partial charge in [0.1, 0.15) is 5.82 Å². The highest BCUT2D eigenvalue weighted by molar-refractivity contribution is 7.89. The number of carbonyl (C=O) groups excluding carboxylic acids is 1. The molecule has 9 nitrogen and oxygen atoms in total. The molecular formula is C19H22FN4O5S+. The van der Waals surface area contributed by atoms with Crippen molar-refractivity contribution >= 4 is 27.3 Å². The van der Waals surface area contributed by atoms with E-state index >= 15 is 0 Å². The Morgan fingerprint density at radius 3 is 2.53 bits per heavy atom. The Hall–Kier alpha value is -2.89. The monoisotopic (exact) mass is 437 g/mol. The molecule has 1 fully saturated rings. The van der Waals surface area contributed by atoms with E-state index in [-0.39, 0.29) is 30.4 Å². The van der Waals surface area contributed by atoms with E-state index in [0.29, 0.717) is 24.3 Å². The van der Waals surface area contributed by atoms with Crippen LogP contribution in [-0.4, -0.2) is 56.3 Å². The van der Waals surface area contributed by atoms with E-state index in [2.05, 4.69) is 5.32 Å². The molecule has 1 saturated heterocycles. The molecule has 0 atom stereocenters. The minimum atomic E-state index is -4.01. The maximum atomic E-state index is 13.6. The minimum absolute atomic E-state index is 0.106. The molecule has 3 rings (SSSR count). The van der Waals surface area contributed by atoms with Crippen LogP contribution in [0.1, 0.15) is 5.56 Å². The number of hydrogen-bond donors (Lipinski definition) is 2. The average Bonchev–Trinajstić information content (AvgIpc) is 2.71. The standard InChI is InChI=1S/C19H21FN4O5S/c1-14-6-7-15(12-16(14)20)21-19(25)13-22-8-10-23(11-9-22)30(28,29)18-5-3-2-4-17(18)24(26)27/h2-7,12H,8-11,13H2,1H3,(H,21,25)/p+1. The lowest BCUT2D eigenvalue weighted by atomic mass is 10.2. The Bertz CT molecular complexity index is 1070. The van der Waals surface area contributed by atoms with Crippen molar-refractivity contribution in [1.29, 1.82) is 0 Å². The number of hydrogen-bond acceptors (Lipinski definition) is 5. The predicted octanol–water partition coefficient (Wildman–Crippen LogP) is 0.570. The number of nitrogens with zero attached hydrogens (tertiary/aromatic N) is 2.